The molecule has 0 radical (unpaired) electrons. The predicted molar refractivity (Wildman–Crippen MR) is 121 cm³/mol. The Morgan fingerprint density at radius 3 is 2.53 bits per heavy atom. The van der Waals surface area contributed by atoms with Crippen LogP contribution >= 0.6 is 0 Å². The van der Waals surface area contributed by atoms with Gasteiger partial charge in [-0.3, -0.25) is 4.79 Å². The molecule has 1 aliphatic heterocycles. The van der Waals surface area contributed by atoms with Crippen molar-refractivity contribution in [2.75, 3.05) is 11.6 Å². The molecule has 2 heterocycles. The highest BCUT2D eigenvalue weighted by atomic mass is 32.2. The molecule has 0 amide bonds. The van der Waals surface area contributed by atoms with Crippen molar-refractivity contribution < 1.29 is 17.6 Å². The van der Waals surface area contributed by atoms with E-state index in [1.807, 2.05) is 13.0 Å². The molecule has 168 valence electrons. The van der Waals surface area contributed by atoms with Crippen molar-refractivity contribution in [2.45, 2.75) is 62.7 Å². The summed E-state index contributed by atoms with van der Waals surface area (Å²) in [7, 11) is -3.46. The summed E-state index contributed by atoms with van der Waals surface area (Å²) in [4.78, 5) is 18.2. The topological polar surface area (TPSA) is 76.1 Å². The first-order chi connectivity index (χ1) is 14.9. The number of nitrogens with zero attached hydrogens (tertiary/aromatic N) is 1. The van der Waals surface area contributed by atoms with Gasteiger partial charge in [0, 0.05) is 35.1 Å². The Labute approximate surface area is 188 Å². The molecule has 1 saturated carbocycles. The largest absolute Gasteiger partial charge is 0.343 e. The Bertz CT molecular complexity index is 1310. The normalized spacial score (nSPS) is 24.6. The summed E-state index contributed by atoms with van der Waals surface area (Å²) < 4.78 is 39.8. The first-order valence-corrected chi connectivity index (χ1v) is 12.8. The van der Waals surface area contributed by atoms with Crippen LogP contribution in [-0.4, -0.2) is 25.4 Å². The van der Waals surface area contributed by atoms with Crippen LogP contribution in [0.25, 0.3) is 0 Å². The number of carbonyl (C=O) groups is 1. The maximum atomic E-state index is 15.2. The highest BCUT2D eigenvalue weighted by molar-refractivity contribution is 7.90. The molecule has 1 fully saturated rings. The Morgan fingerprint density at radius 1 is 1.16 bits per heavy atom. The Morgan fingerprint density at radius 2 is 1.88 bits per heavy atom. The van der Waals surface area contributed by atoms with Crippen molar-refractivity contribution in [1.29, 1.82) is 0 Å². The van der Waals surface area contributed by atoms with Gasteiger partial charge in [-0.15, -0.1) is 0 Å². The lowest BCUT2D eigenvalue weighted by molar-refractivity contribution is -0.118. The summed E-state index contributed by atoms with van der Waals surface area (Å²) >= 11 is 0. The van der Waals surface area contributed by atoms with Crippen LogP contribution in [0.2, 0.25) is 0 Å². The SMILES string of the molecule is CC1(C)CC(=O)C2=C(C1)Nc1ncc(F)c(C3CC3)c1[C@@]2(C)c1cccc(S(C)(=O)=O)c1. The third kappa shape index (κ3) is 3.20. The monoisotopic (exact) mass is 454 g/mol. The first kappa shape index (κ1) is 21.3. The Kier molecular flexibility index (Phi) is 4.48. The minimum atomic E-state index is -3.46. The number of rotatable bonds is 3. The number of benzene rings is 1. The molecule has 1 atom stereocenters. The molecule has 1 N–H and O–H groups in total. The number of nitrogens with one attached hydrogen (secondary N) is 1. The van der Waals surface area contributed by atoms with E-state index in [0.717, 1.165) is 18.5 Å². The van der Waals surface area contributed by atoms with Crippen LogP contribution in [0.5, 0.6) is 0 Å². The molecule has 0 saturated heterocycles. The molecule has 0 bridgehead atoms. The van der Waals surface area contributed by atoms with Gasteiger partial charge in [0.2, 0.25) is 0 Å². The molecule has 5 rings (SSSR count). The predicted octanol–water partition coefficient (Wildman–Crippen LogP) is 4.88. The third-order valence-electron chi connectivity index (χ3n) is 7.04. The van der Waals surface area contributed by atoms with Gasteiger partial charge in [0.25, 0.3) is 0 Å². The van der Waals surface area contributed by atoms with Gasteiger partial charge >= 0.3 is 0 Å². The fourth-order valence-electron chi connectivity index (χ4n) is 5.48. The molecular formula is C25H27FN2O3S. The van der Waals surface area contributed by atoms with Crippen molar-refractivity contribution in [3.8, 4) is 0 Å². The van der Waals surface area contributed by atoms with Crippen molar-refractivity contribution in [1.82, 2.24) is 4.98 Å². The van der Waals surface area contributed by atoms with E-state index in [0.29, 0.717) is 40.9 Å². The summed E-state index contributed by atoms with van der Waals surface area (Å²) in [5.41, 5.74) is 2.11. The van der Waals surface area contributed by atoms with E-state index in [9.17, 15) is 13.2 Å². The molecule has 1 aromatic heterocycles. The average Bonchev–Trinajstić information content (AvgIpc) is 3.51. The van der Waals surface area contributed by atoms with Gasteiger partial charge in [-0.25, -0.2) is 17.8 Å². The number of fused-ring (bicyclic) bond motifs is 1. The van der Waals surface area contributed by atoms with Crippen molar-refractivity contribution in [3.63, 3.8) is 0 Å². The smallest absolute Gasteiger partial charge is 0.175 e. The summed E-state index contributed by atoms with van der Waals surface area (Å²) in [6, 6.07) is 6.71. The Hall–Kier alpha value is -2.54. The Balaban J connectivity index is 1.86. The second-order valence-electron chi connectivity index (χ2n) is 10.4. The summed E-state index contributed by atoms with van der Waals surface area (Å²) in [6.07, 6.45) is 5.24. The number of sulfone groups is 1. The van der Waals surface area contributed by atoms with Gasteiger partial charge in [-0.05, 0) is 55.2 Å². The van der Waals surface area contributed by atoms with Crippen LogP contribution in [0.15, 0.2) is 46.6 Å². The van der Waals surface area contributed by atoms with Gasteiger partial charge in [0.1, 0.15) is 11.6 Å². The number of hydrogen-bond acceptors (Lipinski definition) is 5. The van der Waals surface area contributed by atoms with E-state index in [1.54, 1.807) is 18.2 Å². The molecule has 2 aromatic rings. The standard InChI is InChI=1S/C25H27FN2O3S/c1-24(2)11-18-21(19(29)12-24)25(3,15-6-5-7-16(10-15)32(4,30)31)22-20(14-8-9-14)17(26)13-27-23(22)28-18/h5-7,10,13-14H,8-9,11-12H2,1-4H3,(H,27,28)/t25-/m0/s1. The molecule has 3 aliphatic rings. The fraction of sp³-hybridized carbons (Fsp3) is 0.440. The molecule has 0 spiro atoms. The van der Waals surface area contributed by atoms with Crippen LogP contribution in [0, 0.1) is 11.2 Å². The van der Waals surface area contributed by atoms with Gasteiger partial charge < -0.3 is 5.32 Å². The zero-order chi connectivity index (χ0) is 23.1. The van der Waals surface area contributed by atoms with Gasteiger partial charge in [-0.1, -0.05) is 26.0 Å². The highest BCUT2D eigenvalue weighted by Gasteiger charge is 2.50. The maximum absolute atomic E-state index is 15.2. The lowest BCUT2D eigenvalue weighted by Crippen LogP contribution is -2.43. The van der Waals surface area contributed by atoms with Crippen molar-refractivity contribution in [3.05, 3.63) is 64.2 Å². The lowest BCUT2D eigenvalue weighted by atomic mass is 9.61. The van der Waals surface area contributed by atoms with Crippen LogP contribution in [-0.2, 0) is 20.0 Å². The molecule has 32 heavy (non-hydrogen) atoms. The number of carbonyl (C=O) groups excluding carboxylic acids is 1. The van der Waals surface area contributed by atoms with E-state index in [-0.39, 0.29) is 27.8 Å². The minimum absolute atomic E-state index is 0.00710. The first-order valence-electron chi connectivity index (χ1n) is 11.0. The maximum Gasteiger partial charge on any atom is 0.175 e. The van der Waals surface area contributed by atoms with Gasteiger partial charge in [0.05, 0.1) is 16.5 Å². The lowest BCUT2D eigenvalue weighted by Gasteiger charge is -2.45. The summed E-state index contributed by atoms with van der Waals surface area (Å²) in [5.74, 6) is 0.284. The number of hydrogen-bond donors (Lipinski definition) is 1. The van der Waals surface area contributed by atoms with E-state index in [2.05, 4.69) is 24.1 Å². The zero-order valence-electron chi connectivity index (χ0n) is 18.8. The molecule has 7 heteroatoms. The number of pyridine rings is 1. The van der Waals surface area contributed by atoms with Crippen LogP contribution in [0.3, 0.4) is 0 Å². The zero-order valence-corrected chi connectivity index (χ0v) is 19.6. The van der Waals surface area contributed by atoms with Gasteiger partial charge in [0.15, 0.2) is 15.6 Å². The van der Waals surface area contributed by atoms with Crippen molar-refractivity contribution >= 4 is 21.4 Å². The van der Waals surface area contributed by atoms with Crippen LogP contribution in [0.4, 0.5) is 10.2 Å². The molecule has 1 aromatic carbocycles. The number of aromatic nitrogens is 1. The van der Waals surface area contributed by atoms with Gasteiger partial charge in [-0.2, -0.15) is 0 Å². The molecular weight excluding hydrogens is 427 g/mol. The summed E-state index contributed by atoms with van der Waals surface area (Å²) in [5, 5.41) is 3.37. The molecule has 2 aliphatic carbocycles. The number of anilines is 1. The molecule has 5 nitrogen and oxygen atoms in total. The highest BCUT2D eigenvalue weighted by Crippen LogP contribution is 2.56. The molecule has 0 unspecified atom stereocenters. The second kappa shape index (κ2) is 6.73. The average molecular weight is 455 g/mol. The summed E-state index contributed by atoms with van der Waals surface area (Å²) in [6.45, 7) is 6.04. The fourth-order valence-corrected chi connectivity index (χ4v) is 6.14. The minimum Gasteiger partial charge on any atom is -0.343 e. The van der Waals surface area contributed by atoms with E-state index < -0.39 is 15.3 Å². The van der Waals surface area contributed by atoms with Crippen LogP contribution < -0.4 is 5.32 Å². The van der Waals surface area contributed by atoms with Crippen LogP contribution in [0.1, 0.15) is 69.1 Å². The second-order valence-corrected chi connectivity index (χ2v) is 12.4. The van der Waals surface area contributed by atoms with Crippen molar-refractivity contribution in [2.24, 2.45) is 5.41 Å². The number of ketones is 1. The quantitative estimate of drug-likeness (QED) is 0.716. The third-order valence-corrected chi connectivity index (χ3v) is 8.15. The van der Waals surface area contributed by atoms with E-state index in [1.165, 1.54) is 12.5 Å². The van der Waals surface area contributed by atoms with E-state index in [4.69, 9.17) is 0 Å². The van der Waals surface area contributed by atoms with E-state index >= 15 is 4.39 Å². The number of allylic oxidation sites excluding steroid dienone is 2. The number of halogens is 1. The number of Topliss-reactive ketones (excluding diaryl/α,β-unsaturated/α-hetero) is 1.